The Labute approximate surface area is 396 Å². The zero-order chi connectivity index (χ0) is 45.0. The van der Waals surface area contributed by atoms with Crippen LogP contribution in [0.2, 0.25) is 0 Å². The highest BCUT2D eigenvalue weighted by Crippen LogP contribution is 2.68. The van der Waals surface area contributed by atoms with E-state index in [1.54, 1.807) is 0 Å². The van der Waals surface area contributed by atoms with Crippen molar-refractivity contribution in [1.29, 1.82) is 0 Å². The molecule has 10 aromatic rings. The Hall–Kier alpha value is -8.47. The van der Waals surface area contributed by atoms with Crippen LogP contribution in [0.25, 0.3) is 89.3 Å². The van der Waals surface area contributed by atoms with Crippen LogP contribution in [0.3, 0.4) is 0 Å². The Morgan fingerprint density at radius 3 is 1.53 bits per heavy atom. The van der Waals surface area contributed by atoms with Crippen molar-refractivity contribution in [2.45, 2.75) is 18.8 Å². The molecule has 4 heteroatoms. The second-order valence-corrected chi connectivity index (χ2v) is 18.2. The average molecular weight is 871 g/mol. The second kappa shape index (κ2) is 16.8. The van der Waals surface area contributed by atoms with Gasteiger partial charge in [-0.15, -0.1) is 0 Å². The van der Waals surface area contributed by atoms with Crippen molar-refractivity contribution < 1.29 is 0 Å². The van der Waals surface area contributed by atoms with Crippen LogP contribution in [-0.4, -0.2) is 19.5 Å². The van der Waals surface area contributed by atoms with Crippen LogP contribution in [0, 0.1) is 11.8 Å². The molecule has 0 N–H and O–H groups in total. The molecule has 322 valence electrons. The number of fused-ring (bicyclic) bond motifs is 4. The highest BCUT2D eigenvalue weighted by atomic mass is 15.1. The van der Waals surface area contributed by atoms with Crippen LogP contribution >= 0.6 is 0 Å². The minimum atomic E-state index is 0.0996. The summed E-state index contributed by atoms with van der Waals surface area (Å²) in [6.07, 6.45) is 11.5. The van der Waals surface area contributed by atoms with Crippen LogP contribution < -0.4 is 0 Å². The van der Waals surface area contributed by atoms with E-state index in [4.69, 9.17) is 15.0 Å². The summed E-state index contributed by atoms with van der Waals surface area (Å²) in [6, 6.07) is 76.6. The van der Waals surface area contributed by atoms with Gasteiger partial charge in [0.25, 0.3) is 0 Å². The summed E-state index contributed by atoms with van der Waals surface area (Å²) in [5.74, 6) is 2.43. The summed E-state index contributed by atoms with van der Waals surface area (Å²) < 4.78 is 2.59. The average Bonchev–Trinajstić information content (AvgIpc) is 4.09. The Morgan fingerprint density at radius 1 is 0.382 bits per heavy atom. The van der Waals surface area contributed by atoms with Gasteiger partial charge in [0, 0.05) is 56.5 Å². The maximum Gasteiger partial charge on any atom is 0.164 e. The van der Waals surface area contributed by atoms with Crippen LogP contribution in [0.4, 0.5) is 0 Å². The molecule has 13 rings (SSSR count). The summed E-state index contributed by atoms with van der Waals surface area (Å²) in [5.41, 5.74) is 17.8. The Bertz CT molecular complexity index is 3580. The number of nitrogens with zero attached hydrogens (tertiary/aromatic N) is 4. The predicted molar refractivity (Wildman–Crippen MR) is 281 cm³/mol. The van der Waals surface area contributed by atoms with E-state index >= 15 is 0 Å². The minimum Gasteiger partial charge on any atom is -0.312 e. The van der Waals surface area contributed by atoms with Crippen LogP contribution in [0.1, 0.15) is 41.3 Å². The van der Waals surface area contributed by atoms with Gasteiger partial charge < -0.3 is 4.57 Å². The lowest BCUT2D eigenvalue weighted by Gasteiger charge is -2.23. The Balaban J connectivity index is 1.08. The quantitative estimate of drug-likeness (QED) is 0.145. The van der Waals surface area contributed by atoms with Gasteiger partial charge in [-0.1, -0.05) is 212 Å². The zero-order valence-electron chi connectivity index (χ0n) is 37.5. The third-order valence-electron chi connectivity index (χ3n) is 14.2. The van der Waals surface area contributed by atoms with E-state index in [0.29, 0.717) is 11.6 Å². The Kier molecular flexibility index (Phi) is 9.82. The molecule has 1 saturated carbocycles. The van der Waals surface area contributed by atoms with Gasteiger partial charge in [0.1, 0.15) is 0 Å². The first kappa shape index (κ1) is 39.9. The van der Waals surface area contributed by atoms with Crippen molar-refractivity contribution in [3.8, 4) is 45.0 Å². The molecule has 2 heterocycles. The molecule has 3 atom stereocenters. The van der Waals surface area contributed by atoms with E-state index in [0.717, 1.165) is 40.9 Å². The van der Waals surface area contributed by atoms with Gasteiger partial charge in [0.05, 0.1) is 11.0 Å². The van der Waals surface area contributed by atoms with Crippen LogP contribution in [0.15, 0.2) is 237 Å². The lowest BCUT2D eigenvalue weighted by molar-refractivity contribution is 0.926. The van der Waals surface area contributed by atoms with Gasteiger partial charge in [-0.05, 0) is 81.6 Å². The molecule has 1 fully saturated rings. The van der Waals surface area contributed by atoms with E-state index in [2.05, 4.69) is 229 Å². The molecule has 4 nitrogen and oxygen atoms in total. The molecule has 0 aliphatic heterocycles. The summed E-state index contributed by atoms with van der Waals surface area (Å²) >= 11 is 0. The number of allylic oxidation sites excluding steroid dienone is 8. The summed E-state index contributed by atoms with van der Waals surface area (Å²) in [4.78, 5) is 15.9. The molecule has 68 heavy (non-hydrogen) atoms. The number of hydrogen-bond donors (Lipinski definition) is 0. The fourth-order valence-corrected chi connectivity index (χ4v) is 10.9. The second-order valence-electron chi connectivity index (χ2n) is 18.2. The molecule has 0 amide bonds. The maximum absolute atomic E-state index is 5.41. The van der Waals surface area contributed by atoms with E-state index in [1.807, 2.05) is 12.1 Å². The largest absolute Gasteiger partial charge is 0.312 e. The summed E-state index contributed by atoms with van der Waals surface area (Å²) in [6.45, 7) is 0. The van der Waals surface area contributed by atoms with Crippen molar-refractivity contribution in [1.82, 2.24) is 19.5 Å². The molecular formula is C64H46N4. The number of para-hydroxylation sites is 1. The summed E-state index contributed by atoms with van der Waals surface area (Å²) in [5, 5.41) is 2.49. The summed E-state index contributed by atoms with van der Waals surface area (Å²) in [7, 11) is 0. The van der Waals surface area contributed by atoms with Gasteiger partial charge in [-0.2, -0.15) is 0 Å². The van der Waals surface area contributed by atoms with Crippen LogP contribution in [-0.2, 0) is 0 Å². The molecule has 3 aliphatic rings. The van der Waals surface area contributed by atoms with Gasteiger partial charge >= 0.3 is 0 Å². The smallest absolute Gasteiger partial charge is 0.164 e. The highest BCUT2D eigenvalue weighted by molar-refractivity contribution is 6.14. The number of benzene rings is 8. The first-order chi connectivity index (χ1) is 33.7. The zero-order valence-corrected chi connectivity index (χ0v) is 37.5. The molecule has 0 bridgehead atoms. The van der Waals surface area contributed by atoms with Crippen LogP contribution in [0.5, 0.6) is 0 Å². The van der Waals surface area contributed by atoms with Crippen molar-refractivity contribution >= 4 is 44.2 Å². The standard InChI is InChI=1S/C64H46N4/c1-6-18-42(19-7-1)45-30-34-47(35-31-45)53-41-55(64-66-62(49-24-12-4-13-25-49)65-63(67-64)50-26-14-5-15-27-50)59-58(48-36-32-46(33-37-48)43-20-8-2-9-21-43)60(59)61(53)68-56-29-17-16-28-52(56)54-40-51(38-39-57(54)68)44-22-10-3-11-23-44/h2-6,8-41,58-60H,1,7H2/t58?,59?,60-/m1/s1. The molecule has 0 radical (unpaired) electrons. The van der Waals surface area contributed by atoms with Crippen molar-refractivity contribution in [2.75, 3.05) is 0 Å². The lowest BCUT2D eigenvalue weighted by atomic mass is 9.89. The molecular weight excluding hydrogens is 825 g/mol. The molecule has 0 saturated heterocycles. The first-order valence-corrected chi connectivity index (χ1v) is 23.8. The number of aromatic nitrogens is 4. The van der Waals surface area contributed by atoms with Crippen molar-refractivity contribution in [3.63, 3.8) is 0 Å². The predicted octanol–water partition coefficient (Wildman–Crippen LogP) is 15.9. The third kappa shape index (κ3) is 7.05. The van der Waals surface area contributed by atoms with E-state index in [-0.39, 0.29) is 17.8 Å². The maximum atomic E-state index is 5.41. The van der Waals surface area contributed by atoms with Gasteiger partial charge in [-0.25, -0.2) is 15.0 Å². The SMILES string of the molecule is C1=CC(c2ccc(C3=C(n4c5ccccc5c5cc(-c6ccccc6)ccc54)[C@H]4C(C(c5nc(-c6ccccc6)nc(-c6ccccc6)n5)=C3)C4c3ccc(-c4ccccc4)cc3)cc2)=CCC1. The topological polar surface area (TPSA) is 43.6 Å². The first-order valence-electron chi connectivity index (χ1n) is 23.8. The molecule has 8 aromatic carbocycles. The normalized spacial score (nSPS) is 17.5. The fourth-order valence-electron chi connectivity index (χ4n) is 10.9. The number of hydrogen-bond acceptors (Lipinski definition) is 3. The molecule has 2 aromatic heterocycles. The van der Waals surface area contributed by atoms with E-state index in [9.17, 15) is 0 Å². The Morgan fingerprint density at radius 2 is 0.897 bits per heavy atom. The fraction of sp³-hybridized carbons (Fsp3) is 0.0781. The molecule has 3 aliphatic carbocycles. The van der Waals surface area contributed by atoms with Crippen molar-refractivity contribution in [3.05, 3.63) is 259 Å². The molecule has 2 unspecified atom stereocenters. The van der Waals surface area contributed by atoms with Gasteiger partial charge in [0.2, 0.25) is 0 Å². The van der Waals surface area contributed by atoms with Gasteiger partial charge in [-0.3, -0.25) is 0 Å². The third-order valence-corrected chi connectivity index (χ3v) is 14.2. The minimum absolute atomic E-state index is 0.0996. The van der Waals surface area contributed by atoms with E-state index in [1.165, 1.54) is 72.0 Å². The lowest BCUT2D eigenvalue weighted by Crippen LogP contribution is -2.11. The van der Waals surface area contributed by atoms with E-state index < -0.39 is 0 Å². The highest BCUT2D eigenvalue weighted by Gasteiger charge is 2.58. The van der Waals surface area contributed by atoms with Crippen molar-refractivity contribution in [2.24, 2.45) is 11.8 Å². The molecule has 0 spiro atoms. The monoisotopic (exact) mass is 870 g/mol. The number of rotatable bonds is 9. The van der Waals surface area contributed by atoms with Gasteiger partial charge in [0.15, 0.2) is 17.5 Å².